The number of carboxylic acid groups (broad SMARTS) is 1. The van der Waals surface area contributed by atoms with Crippen molar-refractivity contribution in [1.29, 1.82) is 0 Å². The van der Waals surface area contributed by atoms with Crippen molar-refractivity contribution in [2.45, 2.75) is 64.6 Å². The summed E-state index contributed by atoms with van der Waals surface area (Å²) < 4.78 is 5.35. The summed E-state index contributed by atoms with van der Waals surface area (Å²) in [6.45, 7) is 6.95. The molecule has 9 nitrogen and oxygen atoms in total. The molecule has 0 aromatic heterocycles. The smallest absolute Gasteiger partial charge is 0.408 e. The van der Waals surface area contributed by atoms with Gasteiger partial charge in [0.15, 0.2) is 0 Å². The molecule has 2 aromatic rings. The van der Waals surface area contributed by atoms with Crippen molar-refractivity contribution in [2.24, 2.45) is 0 Å². The molecule has 37 heavy (non-hydrogen) atoms. The van der Waals surface area contributed by atoms with Crippen molar-refractivity contribution >= 4 is 23.9 Å². The first kappa shape index (κ1) is 29.4. The zero-order valence-electron chi connectivity index (χ0n) is 21.9. The highest BCUT2D eigenvalue weighted by atomic mass is 16.6. The molecule has 0 heterocycles. The molecule has 0 saturated heterocycles. The summed E-state index contributed by atoms with van der Waals surface area (Å²) in [5.74, 6) is -2.22. The third-order valence-corrected chi connectivity index (χ3v) is 5.33. The fraction of sp³-hybridized carbons (Fsp3) is 0.429. The van der Waals surface area contributed by atoms with E-state index in [1.807, 2.05) is 43.3 Å². The number of nitrogens with zero attached hydrogens (tertiary/aromatic N) is 1. The van der Waals surface area contributed by atoms with E-state index in [1.54, 1.807) is 45.0 Å². The Balaban J connectivity index is 2.16. The van der Waals surface area contributed by atoms with E-state index in [4.69, 9.17) is 4.74 Å². The average molecular weight is 512 g/mol. The fourth-order valence-electron chi connectivity index (χ4n) is 3.72. The molecule has 0 spiro atoms. The van der Waals surface area contributed by atoms with Crippen molar-refractivity contribution in [3.63, 3.8) is 0 Å². The number of benzene rings is 2. The van der Waals surface area contributed by atoms with E-state index in [1.165, 1.54) is 4.90 Å². The summed E-state index contributed by atoms with van der Waals surface area (Å²) in [4.78, 5) is 52.0. The molecule has 3 amide bonds. The number of carbonyl (C=O) groups is 4. The number of hydrogen-bond acceptors (Lipinski definition) is 5. The van der Waals surface area contributed by atoms with Gasteiger partial charge in [-0.3, -0.25) is 9.59 Å². The van der Waals surface area contributed by atoms with E-state index in [9.17, 15) is 24.3 Å². The van der Waals surface area contributed by atoms with Crippen molar-refractivity contribution < 1.29 is 29.0 Å². The number of nitrogens with one attached hydrogen (secondary N) is 2. The molecule has 0 aliphatic carbocycles. The Labute approximate surface area is 218 Å². The van der Waals surface area contributed by atoms with Gasteiger partial charge in [-0.1, -0.05) is 67.6 Å². The minimum Gasteiger partial charge on any atom is -0.480 e. The molecule has 2 aromatic carbocycles. The van der Waals surface area contributed by atoms with Crippen molar-refractivity contribution in [3.8, 4) is 0 Å². The molecule has 3 N–H and O–H groups in total. The SMILES string of the molecule is CCCN(CC(=O)N[C@@H](Cc1ccccc1)C(=O)O)C(=O)[C@H](Cc1ccccc1)NC(=O)OC(C)(C)C. The Morgan fingerprint density at radius 1 is 0.865 bits per heavy atom. The van der Waals surface area contributed by atoms with Crippen LogP contribution in [0.5, 0.6) is 0 Å². The molecule has 2 atom stereocenters. The summed E-state index contributed by atoms with van der Waals surface area (Å²) in [7, 11) is 0. The Bertz CT molecular complexity index is 1040. The number of rotatable bonds is 12. The van der Waals surface area contributed by atoms with Crippen molar-refractivity contribution in [3.05, 3.63) is 71.8 Å². The molecular weight excluding hydrogens is 474 g/mol. The van der Waals surface area contributed by atoms with Gasteiger partial charge in [-0.25, -0.2) is 9.59 Å². The Morgan fingerprint density at radius 3 is 1.84 bits per heavy atom. The van der Waals surface area contributed by atoms with E-state index >= 15 is 0 Å². The highest BCUT2D eigenvalue weighted by molar-refractivity contribution is 5.91. The highest BCUT2D eigenvalue weighted by Crippen LogP contribution is 2.11. The van der Waals surface area contributed by atoms with Crippen LogP contribution in [0.2, 0.25) is 0 Å². The lowest BCUT2D eigenvalue weighted by molar-refractivity contribution is -0.143. The van der Waals surface area contributed by atoms with E-state index in [0.717, 1.165) is 11.1 Å². The molecule has 0 aliphatic rings. The quantitative estimate of drug-likeness (QED) is 0.402. The summed E-state index contributed by atoms with van der Waals surface area (Å²) in [5.41, 5.74) is 0.839. The van der Waals surface area contributed by atoms with Crippen LogP contribution in [0, 0.1) is 0 Å². The van der Waals surface area contributed by atoms with Crippen molar-refractivity contribution in [1.82, 2.24) is 15.5 Å². The Kier molecular flexibility index (Phi) is 11.1. The number of amides is 3. The van der Waals surface area contributed by atoms with Gasteiger partial charge in [-0.15, -0.1) is 0 Å². The molecule has 200 valence electrons. The van der Waals surface area contributed by atoms with Gasteiger partial charge < -0.3 is 25.4 Å². The van der Waals surface area contributed by atoms with Crippen LogP contribution in [0.3, 0.4) is 0 Å². The third kappa shape index (κ3) is 10.7. The van der Waals surface area contributed by atoms with Crippen LogP contribution in [-0.2, 0) is 32.0 Å². The second-order valence-electron chi connectivity index (χ2n) is 9.80. The zero-order chi connectivity index (χ0) is 27.4. The Hall–Kier alpha value is -3.88. The third-order valence-electron chi connectivity index (χ3n) is 5.33. The maximum atomic E-state index is 13.5. The van der Waals surface area contributed by atoms with Crippen LogP contribution < -0.4 is 10.6 Å². The lowest BCUT2D eigenvalue weighted by Crippen LogP contribution is -2.54. The van der Waals surface area contributed by atoms with E-state index < -0.39 is 41.6 Å². The lowest BCUT2D eigenvalue weighted by Gasteiger charge is -2.29. The second kappa shape index (κ2) is 14.0. The summed E-state index contributed by atoms with van der Waals surface area (Å²) >= 11 is 0. The number of hydrogen-bond donors (Lipinski definition) is 3. The molecule has 0 bridgehead atoms. The van der Waals surface area contributed by atoms with Gasteiger partial charge in [0.2, 0.25) is 11.8 Å². The first-order chi connectivity index (χ1) is 17.5. The normalized spacial score (nSPS) is 12.6. The van der Waals surface area contributed by atoms with E-state index in [2.05, 4.69) is 10.6 Å². The number of carbonyl (C=O) groups excluding carboxylic acids is 3. The fourth-order valence-corrected chi connectivity index (χ4v) is 3.72. The minimum atomic E-state index is -1.17. The van der Waals surface area contributed by atoms with Gasteiger partial charge in [0.25, 0.3) is 0 Å². The monoisotopic (exact) mass is 511 g/mol. The maximum Gasteiger partial charge on any atom is 0.408 e. The zero-order valence-corrected chi connectivity index (χ0v) is 21.9. The lowest BCUT2D eigenvalue weighted by atomic mass is 10.0. The molecule has 0 radical (unpaired) electrons. The van der Waals surface area contributed by atoms with E-state index in [-0.39, 0.29) is 25.9 Å². The van der Waals surface area contributed by atoms with Gasteiger partial charge >= 0.3 is 12.1 Å². The number of aliphatic carboxylic acids is 1. The summed E-state index contributed by atoms with van der Waals surface area (Å²) in [6, 6.07) is 16.1. The first-order valence-corrected chi connectivity index (χ1v) is 12.4. The largest absolute Gasteiger partial charge is 0.480 e. The van der Waals surface area contributed by atoms with Gasteiger partial charge in [0, 0.05) is 19.4 Å². The number of alkyl carbamates (subject to hydrolysis) is 1. The summed E-state index contributed by atoms with van der Waals surface area (Å²) in [6.07, 6.45) is 0.138. The van der Waals surface area contributed by atoms with Crippen LogP contribution >= 0.6 is 0 Å². The first-order valence-electron chi connectivity index (χ1n) is 12.4. The molecule has 0 saturated carbocycles. The van der Waals surface area contributed by atoms with Gasteiger partial charge in [-0.05, 0) is 38.3 Å². The average Bonchev–Trinajstić information content (AvgIpc) is 2.82. The van der Waals surface area contributed by atoms with Crippen LogP contribution in [0.15, 0.2) is 60.7 Å². The topological polar surface area (TPSA) is 125 Å². The molecule has 0 unspecified atom stereocenters. The number of ether oxygens (including phenoxy) is 1. The standard InChI is InChI=1S/C28H37N3O6/c1-5-16-31(19-24(32)29-23(26(34)35)18-21-14-10-7-11-15-21)25(33)22(17-20-12-8-6-9-13-20)30-27(36)37-28(2,3)4/h6-15,22-23H,5,16-19H2,1-4H3,(H,29,32)(H,30,36)(H,34,35)/t22-,23-/m0/s1. The predicted molar refractivity (Wildman–Crippen MR) is 140 cm³/mol. The molecule has 0 aliphatic heterocycles. The van der Waals surface area contributed by atoms with Gasteiger partial charge in [0.05, 0.1) is 6.54 Å². The predicted octanol–water partition coefficient (Wildman–Crippen LogP) is 3.17. The highest BCUT2D eigenvalue weighted by Gasteiger charge is 2.30. The van der Waals surface area contributed by atoms with Gasteiger partial charge in [-0.2, -0.15) is 0 Å². The molecule has 2 rings (SSSR count). The van der Waals surface area contributed by atoms with Crippen LogP contribution in [-0.4, -0.2) is 64.7 Å². The maximum absolute atomic E-state index is 13.5. The Morgan fingerprint density at radius 2 is 1.38 bits per heavy atom. The summed E-state index contributed by atoms with van der Waals surface area (Å²) in [5, 5.41) is 14.8. The number of carboxylic acids is 1. The molecular formula is C28H37N3O6. The molecule has 9 heteroatoms. The van der Waals surface area contributed by atoms with Gasteiger partial charge in [0.1, 0.15) is 17.7 Å². The van der Waals surface area contributed by atoms with Crippen LogP contribution in [0.25, 0.3) is 0 Å². The minimum absolute atomic E-state index is 0.112. The second-order valence-corrected chi connectivity index (χ2v) is 9.80. The molecule has 0 fully saturated rings. The van der Waals surface area contributed by atoms with Crippen LogP contribution in [0.4, 0.5) is 4.79 Å². The van der Waals surface area contributed by atoms with Crippen LogP contribution in [0.1, 0.15) is 45.2 Å². The van der Waals surface area contributed by atoms with Crippen molar-refractivity contribution in [2.75, 3.05) is 13.1 Å². The van der Waals surface area contributed by atoms with E-state index in [0.29, 0.717) is 6.42 Å².